The molecule has 0 aliphatic carbocycles. The van der Waals surface area contributed by atoms with Crippen LogP contribution in [0.2, 0.25) is 0 Å². The second-order valence-corrected chi connectivity index (χ2v) is 4.75. The second kappa shape index (κ2) is 6.50. The van der Waals surface area contributed by atoms with Crippen LogP contribution in [0.5, 0.6) is 0 Å². The molecule has 0 saturated carbocycles. The fraction of sp³-hybridized carbons (Fsp3) is 0.500. The quantitative estimate of drug-likeness (QED) is 0.616. The zero-order chi connectivity index (χ0) is 14.6. The van der Waals surface area contributed by atoms with Gasteiger partial charge in [0.2, 0.25) is 0 Å². The smallest absolute Gasteiger partial charge is 0.150 e. The van der Waals surface area contributed by atoms with Crippen LogP contribution >= 0.6 is 0 Å². The van der Waals surface area contributed by atoms with Gasteiger partial charge in [-0.25, -0.2) is 8.78 Å². The maximum absolute atomic E-state index is 14.0. The average Bonchev–Trinajstić information content (AvgIpc) is 2.35. The highest BCUT2D eigenvalue weighted by Gasteiger charge is 2.19. The third kappa shape index (κ3) is 3.66. The van der Waals surface area contributed by atoms with Crippen molar-refractivity contribution in [1.82, 2.24) is 0 Å². The Bertz CT molecular complexity index is 437. The summed E-state index contributed by atoms with van der Waals surface area (Å²) in [5.74, 6) is -1.33. The van der Waals surface area contributed by atoms with Crippen molar-refractivity contribution >= 4 is 11.5 Å². The zero-order valence-electron chi connectivity index (χ0n) is 11.6. The van der Waals surface area contributed by atoms with Crippen molar-refractivity contribution in [3.05, 3.63) is 29.3 Å². The lowest BCUT2D eigenvalue weighted by atomic mass is 10.1. The molecule has 0 aromatic heterocycles. The Hall–Kier alpha value is -1.65. The number of amidine groups is 1. The fourth-order valence-electron chi connectivity index (χ4n) is 1.91. The summed E-state index contributed by atoms with van der Waals surface area (Å²) in [6.45, 7) is 7.07. The normalized spacial score (nSPS) is 12.3. The lowest BCUT2D eigenvalue weighted by Gasteiger charge is -2.27. The molecular formula is C14H21F2N3. The lowest BCUT2D eigenvalue weighted by molar-refractivity contribution is 0.522. The summed E-state index contributed by atoms with van der Waals surface area (Å²) in [5.41, 5.74) is 5.28. The van der Waals surface area contributed by atoms with Crippen LogP contribution in [0.15, 0.2) is 12.1 Å². The first kappa shape index (κ1) is 15.4. The molecule has 0 bridgehead atoms. The van der Waals surface area contributed by atoms with Crippen LogP contribution in [0.25, 0.3) is 0 Å². The van der Waals surface area contributed by atoms with E-state index in [-0.39, 0.29) is 17.1 Å². The first-order chi connectivity index (χ1) is 8.90. The Morgan fingerprint density at radius 2 is 1.84 bits per heavy atom. The molecule has 1 rings (SSSR count). The number of rotatable bonds is 6. The van der Waals surface area contributed by atoms with E-state index in [1.165, 1.54) is 0 Å². The van der Waals surface area contributed by atoms with Crippen LogP contribution in [0.1, 0.15) is 32.8 Å². The van der Waals surface area contributed by atoms with Crippen LogP contribution in [-0.2, 0) is 0 Å². The molecule has 106 valence electrons. The number of hydrogen-bond acceptors (Lipinski definition) is 2. The highest BCUT2D eigenvalue weighted by molar-refractivity contribution is 5.95. The Morgan fingerprint density at radius 1 is 1.32 bits per heavy atom. The van der Waals surface area contributed by atoms with Gasteiger partial charge in [-0.2, -0.15) is 0 Å². The number of halogens is 2. The van der Waals surface area contributed by atoms with E-state index < -0.39 is 11.6 Å². The third-order valence-corrected chi connectivity index (χ3v) is 3.25. The highest BCUT2D eigenvalue weighted by atomic mass is 19.1. The number of nitrogens with two attached hydrogens (primary N) is 1. The van der Waals surface area contributed by atoms with Crippen molar-refractivity contribution in [2.75, 3.05) is 18.0 Å². The summed E-state index contributed by atoms with van der Waals surface area (Å²) in [6.07, 6.45) is 0.950. The van der Waals surface area contributed by atoms with Crippen LogP contribution in [-0.4, -0.2) is 18.9 Å². The van der Waals surface area contributed by atoms with Crippen molar-refractivity contribution in [2.24, 2.45) is 11.7 Å². The summed E-state index contributed by atoms with van der Waals surface area (Å²) in [4.78, 5) is 1.68. The summed E-state index contributed by atoms with van der Waals surface area (Å²) < 4.78 is 28.1. The van der Waals surface area contributed by atoms with Gasteiger partial charge >= 0.3 is 0 Å². The van der Waals surface area contributed by atoms with Crippen LogP contribution in [0.3, 0.4) is 0 Å². The SMILES string of the molecule is CCC(C)CN(CC)c1c(F)cc(C(=N)N)cc1F. The van der Waals surface area contributed by atoms with E-state index in [4.69, 9.17) is 11.1 Å². The van der Waals surface area contributed by atoms with Crippen LogP contribution < -0.4 is 10.6 Å². The van der Waals surface area contributed by atoms with Gasteiger partial charge in [0.25, 0.3) is 0 Å². The molecule has 1 atom stereocenters. The first-order valence-electron chi connectivity index (χ1n) is 6.49. The van der Waals surface area contributed by atoms with E-state index in [1.54, 1.807) is 4.90 Å². The van der Waals surface area contributed by atoms with E-state index in [1.807, 2.05) is 20.8 Å². The van der Waals surface area contributed by atoms with E-state index in [2.05, 4.69) is 0 Å². The third-order valence-electron chi connectivity index (χ3n) is 3.25. The zero-order valence-corrected chi connectivity index (χ0v) is 11.6. The van der Waals surface area contributed by atoms with Gasteiger partial charge in [-0.3, -0.25) is 5.41 Å². The van der Waals surface area contributed by atoms with Gasteiger partial charge in [0.15, 0.2) is 0 Å². The summed E-state index contributed by atoms with van der Waals surface area (Å²) >= 11 is 0. The summed E-state index contributed by atoms with van der Waals surface area (Å²) in [5, 5.41) is 7.23. The predicted octanol–water partition coefficient (Wildman–Crippen LogP) is 3.12. The number of nitrogen functional groups attached to an aromatic ring is 1. The predicted molar refractivity (Wildman–Crippen MR) is 74.7 cm³/mol. The van der Waals surface area contributed by atoms with Gasteiger partial charge in [0.1, 0.15) is 23.2 Å². The van der Waals surface area contributed by atoms with Crippen molar-refractivity contribution in [2.45, 2.75) is 27.2 Å². The number of benzene rings is 1. The average molecular weight is 269 g/mol. The van der Waals surface area contributed by atoms with Gasteiger partial charge in [0.05, 0.1) is 0 Å². The van der Waals surface area contributed by atoms with Gasteiger partial charge in [0, 0.05) is 18.7 Å². The standard InChI is InChI=1S/C14H21F2N3/c1-4-9(3)8-19(5-2)13-11(15)6-10(14(17)18)7-12(13)16/h6-7,9H,4-5,8H2,1-3H3,(H3,17,18). The number of anilines is 1. The fourth-order valence-corrected chi connectivity index (χ4v) is 1.91. The monoisotopic (exact) mass is 269 g/mol. The van der Waals surface area contributed by atoms with E-state index in [0.29, 0.717) is 19.0 Å². The second-order valence-electron chi connectivity index (χ2n) is 4.75. The number of nitrogens with zero attached hydrogens (tertiary/aromatic N) is 1. The molecular weight excluding hydrogens is 248 g/mol. The molecule has 1 aromatic carbocycles. The van der Waals surface area contributed by atoms with E-state index in [0.717, 1.165) is 18.6 Å². The molecule has 0 heterocycles. The molecule has 0 fully saturated rings. The highest BCUT2D eigenvalue weighted by Crippen LogP contribution is 2.26. The number of nitrogens with one attached hydrogen (secondary N) is 1. The Balaban J connectivity index is 3.14. The molecule has 0 spiro atoms. The maximum atomic E-state index is 14.0. The molecule has 3 N–H and O–H groups in total. The molecule has 1 unspecified atom stereocenters. The van der Waals surface area contributed by atoms with Crippen molar-refractivity contribution in [1.29, 1.82) is 5.41 Å². The van der Waals surface area contributed by atoms with Crippen LogP contribution in [0.4, 0.5) is 14.5 Å². The minimum Gasteiger partial charge on any atom is -0.384 e. The summed E-state index contributed by atoms with van der Waals surface area (Å²) in [6, 6.07) is 2.22. The van der Waals surface area contributed by atoms with Gasteiger partial charge in [-0.15, -0.1) is 0 Å². The first-order valence-corrected chi connectivity index (χ1v) is 6.49. The van der Waals surface area contributed by atoms with Gasteiger partial charge in [-0.1, -0.05) is 20.3 Å². The molecule has 0 saturated heterocycles. The van der Waals surface area contributed by atoms with Gasteiger partial charge in [-0.05, 0) is 25.0 Å². The maximum Gasteiger partial charge on any atom is 0.150 e. The molecule has 5 heteroatoms. The lowest BCUT2D eigenvalue weighted by Crippen LogP contribution is -2.30. The van der Waals surface area contributed by atoms with E-state index in [9.17, 15) is 8.78 Å². The minimum absolute atomic E-state index is 0.0344. The molecule has 0 radical (unpaired) electrons. The minimum atomic E-state index is -0.671. The van der Waals surface area contributed by atoms with Crippen molar-refractivity contribution in [3.63, 3.8) is 0 Å². The molecule has 0 aliphatic heterocycles. The van der Waals surface area contributed by atoms with Gasteiger partial charge < -0.3 is 10.6 Å². The summed E-state index contributed by atoms with van der Waals surface area (Å²) in [7, 11) is 0. The van der Waals surface area contributed by atoms with Crippen molar-refractivity contribution in [3.8, 4) is 0 Å². The molecule has 0 amide bonds. The molecule has 19 heavy (non-hydrogen) atoms. The largest absolute Gasteiger partial charge is 0.384 e. The Morgan fingerprint density at radius 3 is 2.21 bits per heavy atom. The van der Waals surface area contributed by atoms with E-state index >= 15 is 0 Å². The number of hydrogen-bond donors (Lipinski definition) is 2. The Labute approximate surface area is 112 Å². The molecule has 1 aromatic rings. The van der Waals surface area contributed by atoms with Crippen LogP contribution in [0, 0.1) is 23.0 Å². The topological polar surface area (TPSA) is 53.1 Å². The van der Waals surface area contributed by atoms with Crippen molar-refractivity contribution < 1.29 is 8.78 Å². The Kier molecular flexibility index (Phi) is 5.27. The molecule has 0 aliphatic rings. The molecule has 3 nitrogen and oxygen atoms in total.